The molecule has 2 aliphatic rings. The molecule has 2 aromatic rings. The summed E-state index contributed by atoms with van der Waals surface area (Å²) in [6, 6.07) is 18.4. The lowest BCUT2D eigenvalue weighted by Gasteiger charge is -2.44. The van der Waals surface area contributed by atoms with Crippen molar-refractivity contribution in [2.75, 3.05) is 33.3 Å². The minimum absolute atomic E-state index is 0.0347. The van der Waals surface area contributed by atoms with Crippen molar-refractivity contribution in [3.8, 4) is 0 Å². The van der Waals surface area contributed by atoms with Gasteiger partial charge in [0.25, 0.3) is 0 Å². The number of carbonyl (C=O) groups excluding carboxylic acids is 4. The normalized spacial score (nSPS) is 21.0. The van der Waals surface area contributed by atoms with Crippen molar-refractivity contribution in [1.82, 2.24) is 20.4 Å². The highest BCUT2D eigenvalue weighted by Gasteiger charge is 2.56. The molecule has 10 heteroatoms. The molecule has 0 radical (unpaired) electrons. The molecule has 0 aliphatic carbocycles. The number of nitrogens with one attached hydrogen (secondary N) is 2. The quantitative estimate of drug-likeness (QED) is 0.428. The van der Waals surface area contributed by atoms with Gasteiger partial charge >= 0.3 is 6.09 Å². The smallest absolute Gasteiger partial charge is 0.408 e. The first-order chi connectivity index (χ1) is 20.7. The number of hydrogen-bond donors (Lipinski definition) is 2. The van der Waals surface area contributed by atoms with Gasteiger partial charge in [-0.15, -0.1) is 0 Å². The minimum Gasteiger partial charge on any atom is -0.444 e. The Balaban J connectivity index is 1.54. The van der Waals surface area contributed by atoms with Gasteiger partial charge < -0.3 is 29.9 Å². The van der Waals surface area contributed by atoms with Crippen LogP contribution >= 0.6 is 0 Å². The molecule has 2 saturated heterocycles. The largest absolute Gasteiger partial charge is 0.444 e. The average molecular weight is 607 g/mol. The summed E-state index contributed by atoms with van der Waals surface area (Å²) in [6.45, 7) is 9.84. The van der Waals surface area contributed by atoms with Crippen LogP contribution in [0.25, 0.3) is 0 Å². The van der Waals surface area contributed by atoms with Crippen LogP contribution in [0.4, 0.5) is 4.79 Å². The first-order valence-electron chi connectivity index (χ1n) is 15.2. The Morgan fingerprint density at radius 3 is 2.20 bits per heavy atom. The number of ether oxygens (including phenoxy) is 2. The summed E-state index contributed by atoms with van der Waals surface area (Å²) >= 11 is 0. The Kier molecular flexibility index (Phi) is 10.0. The van der Waals surface area contributed by atoms with Crippen molar-refractivity contribution < 1.29 is 28.7 Å². The third-order valence-electron chi connectivity index (χ3n) is 8.32. The van der Waals surface area contributed by atoms with E-state index in [0.717, 1.165) is 11.1 Å². The SMILES string of the molecule is CN1CC2CCN(C(=O)[C@@H](COCc3ccccc3)NC(=O)C(C)(C)NC(=O)OC(C)(C)C)CC2(Cc2ccccc2)C1=O. The number of benzene rings is 2. The van der Waals surface area contributed by atoms with Crippen molar-refractivity contribution in [1.29, 1.82) is 0 Å². The van der Waals surface area contributed by atoms with Crippen molar-refractivity contribution in [2.45, 2.75) is 71.2 Å². The second kappa shape index (κ2) is 13.4. The molecule has 2 heterocycles. The summed E-state index contributed by atoms with van der Waals surface area (Å²) in [5.74, 6) is -0.737. The molecule has 4 rings (SSSR count). The molecule has 2 N–H and O–H groups in total. The zero-order chi connectivity index (χ0) is 32.1. The van der Waals surface area contributed by atoms with Crippen LogP contribution in [0.1, 0.15) is 52.2 Å². The molecule has 0 spiro atoms. The molecule has 2 aliphatic heterocycles. The van der Waals surface area contributed by atoms with Crippen molar-refractivity contribution >= 4 is 23.8 Å². The van der Waals surface area contributed by atoms with E-state index in [1.165, 1.54) is 0 Å². The highest BCUT2D eigenvalue weighted by atomic mass is 16.6. The van der Waals surface area contributed by atoms with E-state index < -0.39 is 34.6 Å². The second-order valence-electron chi connectivity index (χ2n) is 13.5. The third-order valence-corrected chi connectivity index (χ3v) is 8.32. The molecule has 238 valence electrons. The fraction of sp³-hybridized carbons (Fsp3) is 0.529. The summed E-state index contributed by atoms with van der Waals surface area (Å²) < 4.78 is 11.3. The van der Waals surface area contributed by atoms with Crippen LogP contribution in [0.15, 0.2) is 60.7 Å². The monoisotopic (exact) mass is 606 g/mol. The van der Waals surface area contributed by atoms with Gasteiger partial charge in [-0.05, 0) is 64.5 Å². The maximum Gasteiger partial charge on any atom is 0.408 e. The lowest BCUT2D eigenvalue weighted by atomic mass is 9.69. The third kappa shape index (κ3) is 7.96. The van der Waals surface area contributed by atoms with Crippen molar-refractivity contribution in [3.05, 3.63) is 71.8 Å². The zero-order valence-corrected chi connectivity index (χ0v) is 26.7. The first kappa shape index (κ1) is 33.0. The Bertz CT molecular complexity index is 1330. The molecule has 2 aromatic carbocycles. The minimum atomic E-state index is -1.38. The number of hydrogen-bond acceptors (Lipinski definition) is 6. The molecule has 3 atom stereocenters. The maximum atomic E-state index is 14.2. The van der Waals surface area contributed by atoms with Gasteiger partial charge in [0.05, 0.1) is 18.6 Å². The van der Waals surface area contributed by atoms with E-state index in [1.54, 1.807) is 44.4 Å². The lowest BCUT2D eigenvalue weighted by molar-refractivity contribution is -0.147. The summed E-state index contributed by atoms with van der Waals surface area (Å²) in [7, 11) is 1.82. The molecule has 2 unspecified atom stereocenters. The average Bonchev–Trinajstić information content (AvgIpc) is 3.20. The highest BCUT2D eigenvalue weighted by molar-refractivity contribution is 5.94. The van der Waals surface area contributed by atoms with Crippen molar-refractivity contribution in [2.24, 2.45) is 11.3 Å². The van der Waals surface area contributed by atoms with E-state index in [1.807, 2.05) is 67.7 Å². The van der Waals surface area contributed by atoms with E-state index in [9.17, 15) is 19.2 Å². The van der Waals surface area contributed by atoms with Gasteiger partial charge in [-0.2, -0.15) is 0 Å². The molecule has 4 amide bonds. The number of carbonyl (C=O) groups is 4. The van der Waals surface area contributed by atoms with Gasteiger partial charge in [-0.3, -0.25) is 14.4 Å². The predicted octanol–water partition coefficient (Wildman–Crippen LogP) is 3.54. The van der Waals surface area contributed by atoms with Crippen LogP contribution in [0, 0.1) is 11.3 Å². The number of nitrogens with zero attached hydrogens (tertiary/aromatic N) is 2. The number of piperidine rings is 1. The fourth-order valence-electron chi connectivity index (χ4n) is 6.08. The van der Waals surface area contributed by atoms with Gasteiger partial charge in [-0.1, -0.05) is 60.7 Å². The van der Waals surface area contributed by atoms with E-state index in [2.05, 4.69) is 10.6 Å². The Morgan fingerprint density at radius 2 is 1.59 bits per heavy atom. The van der Waals surface area contributed by atoms with E-state index in [0.29, 0.717) is 25.9 Å². The molecular formula is C34H46N4O6. The van der Waals surface area contributed by atoms with Crippen molar-refractivity contribution in [3.63, 3.8) is 0 Å². The molecule has 0 aromatic heterocycles. The summed E-state index contributed by atoms with van der Waals surface area (Å²) in [5.41, 5.74) is -0.901. The van der Waals surface area contributed by atoms with Crippen LogP contribution in [0.2, 0.25) is 0 Å². The number of alkyl carbamates (subject to hydrolysis) is 1. The molecule has 2 fully saturated rings. The molecular weight excluding hydrogens is 560 g/mol. The number of amides is 4. The Morgan fingerprint density at radius 1 is 0.977 bits per heavy atom. The summed E-state index contributed by atoms with van der Waals surface area (Å²) in [6.07, 6.45) is 0.459. The van der Waals surface area contributed by atoms with Gasteiger partial charge in [-0.25, -0.2) is 4.79 Å². The zero-order valence-electron chi connectivity index (χ0n) is 26.7. The number of rotatable bonds is 10. The Hall–Kier alpha value is -3.92. The molecule has 0 saturated carbocycles. The van der Waals surface area contributed by atoms with Crippen LogP contribution in [0.3, 0.4) is 0 Å². The van der Waals surface area contributed by atoms with E-state index >= 15 is 0 Å². The summed E-state index contributed by atoms with van der Waals surface area (Å²) in [5, 5.41) is 5.43. The number of fused-ring (bicyclic) bond motifs is 1. The van der Waals surface area contributed by atoms with Crippen LogP contribution in [-0.4, -0.2) is 84.1 Å². The standard InChI is InChI=1S/C34H46N4O6/c1-32(2,3)44-31(42)36-33(4,5)29(40)35-27(22-43-21-25-15-11-8-12-16-25)28(39)38-18-17-26-20-37(6)30(41)34(26,23-38)19-24-13-9-7-10-14-24/h7-16,26-27H,17-23H2,1-6H3,(H,35,40)(H,36,42)/t26?,27-,34?/m1/s1. The summed E-state index contributed by atoms with van der Waals surface area (Å²) in [4.78, 5) is 57.3. The van der Waals surface area contributed by atoms with E-state index in [4.69, 9.17) is 9.47 Å². The van der Waals surface area contributed by atoms with Gasteiger partial charge in [0, 0.05) is 26.7 Å². The van der Waals surface area contributed by atoms with Gasteiger partial charge in [0.1, 0.15) is 17.2 Å². The van der Waals surface area contributed by atoms with Gasteiger partial charge in [0.2, 0.25) is 17.7 Å². The number of likely N-dealkylation sites (tertiary alicyclic amines) is 2. The fourth-order valence-corrected chi connectivity index (χ4v) is 6.08. The second-order valence-corrected chi connectivity index (χ2v) is 13.5. The van der Waals surface area contributed by atoms with Crippen LogP contribution < -0.4 is 10.6 Å². The molecule has 0 bridgehead atoms. The molecule has 10 nitrogen and oxygen atoms in total. The Labute approximate surface area is 260 Å². The highest BCUT2D eigenvalue weighted by Crippen LogP contribution is 2.45. The van der Waals surface area contributed by atoms with E-state index in [-0.39, 0.29) is 37.5 Å². The topological polar surface area (TPSA) is 117 Å². The van der Waals surface area contributed by atoms with Crippen LogP contribution in [0.5, 0.6) is 0 Å². The van der Waals surface area contributed by atoms with Crippen LogP contribution in [-0.2, 0) is 36.9 Å². The maximum absolute atomic E-state index is 14.2. The first-order valence-corrected chi connectivity index (χ1v) is 15.2. The predicted molar refractivity (Wildman–Crippen MR) is 166 cm³/mol. The van der Waals surface area contributed by atoms with Gasteiger partial charge in [0.15, 0.2) is 0 Å². The molecule has 44 heavy (non-hydrogen) atoms. The lowest BCUT2D eigenvalue weighted by Crippen LogP contribution is -2.62.